The summed E-state index contributed by atoms with van der Waals surface area (Å²) in [6, 6.07) is 12.6. The zero-order valence-corrected chi connectivity index (χ0v) is 26.4. The summed E-state index contributed by atoms with van der Waals surface area (Å²) in [6.45, 7) is 7.87. The average molecular weight is 622 g/mol. The number of aryl methyl sites for hydroxylation is 1. The van der Waals surface area contributed by atoms with E-state index in [4.69, 9.17) is 21.6 Å². The molecular formula is C34H38ClF2N5O2. The molecule has 1 saturated heterocycles. The van der Waals surface area contributed by atoms with Crippen LogP contribution in [-0.4, -0.2) is 38.8 Å². The maximum absolute atomic E-state index is 14.6. The van der Waals surface area contributed by atoms with E-state index in [0.717, 1.165) is 18.7 Å². The van der Waals surface area contributed by atoms with Crippen LogP contribution in [0.25, 0.3) is 11.0 Å². The number of carbonyl (C=O) groups is 1. The van der Waals surface area contributed by atoms with Crippen LogP contribution < -0.4 is 4.74 Å². The van der Waals surface area contributed by atoms with E-state index in [1.165, 1.54) is 43.9 Å². The molecule has 4 aromatic rings. The van der Waals surface area contributed by atoms with Gasteiger partial charge >= 0.3 is 0 Å². The first-order valence-electron chi connectivity index (χ1n) is 15.0. The summed E-state index contributed by atoms with van der Waals surface area (Å²) in [6.07, 6.45) is 7.41. The van der Waals surface area contributed by atoms with Gasteiger partial charge in [-0.25, -0.2) is 13.8 Å². The van der Waals surface area contributed by atoms with Crippen LogP contribution in [-0.2, 0) is 25.6 Å². The van der Waals surface area contributed by atoms with Crippen molar-refractivity contribution in [1.82, 2.24) is 19.4 Å². The van der Waals surface area contributed by atoms with Gasteiger partial charge in [-0.05, 0) is 55.4 Å². The van der Waals surface area contributed by atoms with E-state index in [1.807, 2.05) is 27.0 Å². The molecule has 1 atom stereocenters. The first kappa shape index (κ1) is 33.0. The van der Waals surface area contributed by atoms with E-state index in [9.17, 15) is 13.6 Å². The van der Waals surface area contributed by atoms with Crippen LogP contribution >= 0.6 is 11.6 Å². The van der Waals surface area contributed by atoms with Crippen LogP contribution in [0.2, 0.25) is 5.02 Å². The number of hydrogen-bond acceptors (Lipinski definition) is 6. The van der Waals surface area contributed by atoms with Crippen LogP contribution in [0, 0.1) is 23.0 Å². The van der Waals surface area contributed by atoms with Gasteiger partial charge < -0.3 is 9.30 Å². The van der Waals surface area contributed by atoms with Crippen molar-refractivity contribution in [3.8, 4) is 11.8 Å². The highest BCUT2D eigenvalue weighted by Crippen LogP contribution is 2.35. The number of aldehydes is 1. The number of benzene rings is 2. The maximum atomic E-state index is 14.6. The number of ether oxygens (including phenoxy) is 1. The fourth-order valence-electron chi connectivity index (χ4n) is 5.13. The lowest BCUT2D eigenvalue weighted by Crippen LogP contribution is -2.30. The van der Waals surface area contributed by atoms with Gasteiger partial charge in [-0.2, -0.15) is 5.26 Å². The van der Waals surface area contributed by atoms with E-state index >= 15 is 0 Å². The highest BCUT2D eigenvalue weighted by Gasteiger charge is 2.37. The van der Waals surface area contributed by atoms with Gasteiger partial charge in [0, 0.05) is 30.3 Å². The Morgan fingerprint density at radius 1 is 1.07 bits per heavy atom. The fourth-order valence-corrected chi connectivity index (χ4v) is 5.36. The molecule has 7 nitrogen and oxygen atoms in total. The second-order valence-electron chi connectivity index (χ2n) is 11.2. The third kappa shape index (κ3) is 7.43. The molecule has 0 N–H and O–H groups in total. The van der Waals surface area contributed by atoms with Gasteiger partial charge in [-0.15, -0.1) is 0 Å². The minimum absolute atomic E-state index is 0.112. The van der Waals surface area contributed by atoms with E-state index in [1.54, 1.807) is 28.8 Å². The molecule has 6 rings (SSSR count). The number of nitrogens with zero attached hydrogens (tertiary/aromatic N) is 5. The Labute approximate surface area is 262 Å². The van der Waals surface area contributed by atoms with Crippen molar-refractivity contribution in [3.05, 3.63) is 87.5 Å². The SMILES string of the molecule is C1CCC1.CC.Cn1c(CN2CCC(C)(c3ccc(F)c(COc4ccc(C#N)cc4Cl)n3)C2)nc2c(F)cc(C=O)cc21. The van der Waals surface area contributed by atoms with Crippen LogP contribution in [0.3, 0.4) is 0 Å². The summed E-state index contributed by atoms with van der Waals surface area (Å²) in [5.41, 5.74) is 2.05. The first-order chi connectivity index (χ1) is 21.2. The molecule has 3 heterocycles. The van der Waals surface area contributed by atoms with Gasteiger partial charge in [0.05, 0.1) is 28.7 Å². The zero-order chi connectivity index (χ0) is 31.9. The van der Waals surface area contributed by atoms with Gasteiger partial charge in [0.2, 0.25) is 0 Å². The monoisotopic (exact) mass is 621 g/mol. The third-order valence-corrected chi connectivity index (χ3v) is 8.37. The Bertz CT molecular complexity index is 1660. The number of likely N-dealkylation sites (tertiary alicyclic amines) is 1. The van der Waals surface area contributed by atoms with Crippen LogP contribution in [0.1, 0.15) is 86.0 Å². The highest BCUT2D eigenvalue weighted by atomic mass is 35.5. The minimum Gasteiger partial charge on any atom is -0.486 e. The van der Waals surface area contributed by atoms with Crippen molar-refractivity contribution in [2.75, 3.05) is 13.1 Å². The van der Waals surface area contributed by atoms with Crippen LogP contribution in [0.4, 0.5) is 8.78 Å². The maximum Gasteiger partial charge on any atom is 0.151 e. The van der Waals surface area contributed by atoms with Crippen molar-refractivity contribution in [2.24, 2.45) is 7.05 Å². The van der Waals surface area contributed by atoms with Crippen molar-refractivity contribution in [2.45, 2.75) is 71.4 Å². The Morgan fingerprint density at radius 2 is 1.80 bits per heavy atom. The molecular weight excluding hydrogens is 584 g/mol. The lowest BCUT2D eigenvalue weighted by atomic mass is 9.85. The highest BCUT2D eigenvalue weighted by molar-refractivity contribution is 6.32. The van der Waals surface area contributed by atoms with Gasteiger partial charge in [0.25, 0.3) is 0 Å². The molecule has 2 aromatic carbocycles. The summed E-state index contributed by atoms with van der Waals surface area (Å²) in [5, 5.41) is 9.26. The van der Waals surface area contributed by atoms with Gasteiger partial charge in [-0.3, -0.25) is 14.7 Å². The molecule has 2 fully saturated rings. The molecule has 0 radical (unpaired) electrons. The lowest BCUT2D eigenvalue weighted by molar-refractivity contribution is 0.112. The summed E-state index contributed by atoms with van der Waals surface area (Å²) in [7, 11) is 1.81. The number of hydrogen-bond donors (Lipinski definition) is 0. The third-order valence-electron chi connectivity index (χ3n) is 8.07. The predicted octanol–water partition coefficient (Wildman–Crippen LogP) is 7.91. The minimum atomic E-state index is -0.523. The molecule has 0 bridgehead atoms. The number of nitriles is 1. The molecule has 232 valence electrons. The van der Waals surface area contributed by atoms with Crippen LogP contribution in [0.5, 0.6) is 5.75 Å². The summed E-state index contributed by atoms with van der Waals surface area (Å²) in [5.74, 6) is 0.0278. The van der Waals surface area contributed by atoms with Crippen LogP contribution in [0.15, 0.2) is 42.5 Å². The molecule has 1 aliphatic heterocycles. The van der Waals surface area contributed by atoms with Crippen molar-refractivity contribution >= 4 is 28.9 Å². The molecule has 1 unspecified atom stereocenters. The summed E-state index contributed by atoms with van der Waals surface area (Å²) in [4.78, 5) is 22.4. The molecule has 0 spiro atoms. The smallest absolute Gasteiger partial charge is 0.151 e. The number of aromatic nitrogens is 3. The van der Waals surface area contributed by atoms with E-state index in [2.05, 4.69) is 21.8 Å². The van der Waals surface area contributed by atoms with Crippen molar-refractivity contribution in [1.29, 1.82) is 5.26 Å². The second-order valence-corrected chi connectivity index (χ2v) is 11.6. The number of fused-ring (bicyclic) bond motifs is 1. The number of pyridine rings is 1. The first-order valence-corrected chi connectivity index (χ1v) is 15.4. The fraction of sp³-hybridized carbons (Fsp3) is 0.412. The lowest BCUT2D eigenvalue weighted by Gasteiger charge is -2.25. The zero-order valence-electron chi connectivity index (χ0n) is 25.7. The quantitative estimate of drug-likeness (QED) is 0.195. The number of halogens is 3. The van der Waals surface area contributed by atoms with Crippen molar-refractivity contribution in [3.63, 3.8) is 0 Å². The number of imidazole rings is 1. The molecule has 2 aliphatic rings. The summed E-state index contributed by atoms with van der Waals surface area (Å²) >= 11 is 6.18. The molecule has 2 aromatic heterocycles. The number of rotatable bonds is 7. The molecule has 1 saturated carbocycles. The number of carbonyl (C=O) groups excluding carboxylic acids is 1. The normalized spacial score (nSPS) is 17.5. The summed E-state index contributed by atoms with van der Waals surface area (Å²) < 4.78 is 36.6. The van der Waals surface area contributed by atoms with Gasteiger partial charge in [0.1, 0.15) is 41.5 Å². The molecule has 44 heavy (non-hydrogen) atoms. The molecule has 10 heteroatoms. The van der Waals surface area contributed by atoms with Gasteiger partial charge in [0.15, 0.2) is 5.82 Å². The molecule has 0 amide bonds. The second kappa shape index (κ2) is 14.7. The topological polar surface area (TPSA) is 84.0 Å². The largest absolute Gasteiger partial charge is 0.486 e. The van der Waals surface area contributed by atoms with E-state index < -0.39 is 11.6 Å². The van der Waals surface area contributed by atoms with Crippen molar-refractivity contribution < 1.29 is 18.3 Å². The average Bonchev–Trinajstić information content (AvgIpc) is 3.53. The van der Waals surface area contributed by atoms with E-state index in [0.29, 0.717) is 42.0 Å². The Morgan fingerprint density at radius 3 is 2.43 bits per heavy atom. The standard InChI is InChI=1S/C28H24ClF2N5O2.C4H8.C2H6/c1-28(25-6-4-20(30)22(33-25)15-38-24-5-3-17(12-32)9-19(24)29)7-8-36(16-28)13-26-34-27-21(31)10-18(14-37)11-23(27)35(26)2;1-2-4-3-1;1-2/h3-6,9-11,14H,7-8,13,15-16H2,1-2H3;1-4H2;1-2H3. The molecule has 1 aliphatic carbocycles. The Kier molecular flexibility index (Phi) is 11.1. The van der Waals surface area contributed by atoms with Gasteiger partial charge in [-0.1, -0.05) is 58.1 Å². The van der Waals surface area contributed by atoms with E-state index in [-0.39, 0.29) is 33.8 Å². The Balaban J connectivity index is 0.000000670. The predicted molar refractivity (Wildman–Crippen MR) is 168 cm³/mol. The Hall–Kier alpha value is -3.87.